The van der Waals surface area contributed by atoms with Crippen LogP contribution in [0.3, 0.4) is 0 Å². The third-order valence-corrected chi connectivity index (χ3v) is 3.78. The highest BCUT2D eigenvalue weighted by atomic mass is 16.3. The van der Waals surface area contributed by atoms with Crippen LogP contribution in [0.2, 0.25) is 0 Å². The van der Waals surface area contributed by atoms with Crippen LogP contribution in [0, 0.1) is 17.8 Å². The van der Waals surface area contributed by atoms with Crippen LogP contribution in [-0.2, 0) is 0 Å². The molecule has 2 aliphatic rings. The molecule has 3 N–H and O–H groups in total. The molecule has 2 heteroatoms. The number of aliphatic hydroxyl groups is 1. The normalized spacial score (nSPS) is 47.5. The molecule has 2 rings (SSSR count). The fourth-order valence-electron chi connectivity index (χ4n) is 3.22. The first-order chi connectivity index (χ1) is 5.81. The van der Waals surface area contributed by atoms with Gasteiger partial charge in [0, 0.05) is 0 Å². The molecular formula is C10H19NO. The Bertz CT molecular complexity index is 146. The van der Waals surface area contributed by atoms with Crippen LogP contribution >= 0.6 is 0 Å². The highest BCUT2D eigenvalue weighted by Crippen LogP contribution is 2.43. The zero-order chi connectivity index (χ0) is 8.55. The van der Waals surface area contributed by atoms with Crippen molar-refractivity contribution in [2.75, 3.05) is 6.54 Å². The van der Waals surface area contributed by atoms with Crippen molar-refractivity contribution in [2.24, 2.45) is 23.5 Å². The first-order valence-corrected chi connectivity index (χ1v) is 5.19. The van der Waals surface area contributed by atoms with Crippen molar-refractivity contribution >= 4 is 0 Å². The van der Waals surface area contributed by atoms with Gasteiger partial charge in [0.1, 0.15) is 0 Å². The van der Waals surface area contributed by atoms with Crippen LogP contribution in [0.1, 0.15) is 32.1 Å². The molecular weight excluding hydrogens is 150 g/mol. The molecule has 2 bridgehead atoms. The average Bonchev–Trinajstić information content (AvgIpc) is 2.02. The Balaban J connectivity index is 2.06. The van der Waals surface area contributed by atoms with Gasteiger partial charge in [-0.1, -0.05) is 19.3 Å². The van der Waals surface area contributed by atoms with Crippen LogP contribution in [0.5, 0.6) is 0 Å². The molecule has 0 amide bonds. The third kappa shape index (κ3) is 1.38. The lowest BCUT2D eigenvalue weighted by atomic mass is 9.64. The van der Waals surface area contributed by atoms with Crippen molar-refractivity contribution in [2.45, 2.75) is 38.2 Å². The molecule has 12 heavy (non-hydrogen) atoms. The summed E-state index contributed by atoms with van der Waals surface area (Å²) in [6.45, 7) is 0.835. The summed E-state index contributed by atoms with van der Waals surface area (Å²) in [6, 6.07) is 0. The minimum absolute atomic E-state index is 0.0249. The summed E-state index contributed by atoms with van der Waals surface area (Å²) in [7, 11) is 0. The fraction of sp³-hybridized carbons (Fsp3) is 1.00. The standard InChI is InChI=1S/C10H19NO/c11-6-10-7-2-1-3-8(10)5-9(12)4-7/h7-10,12H,1-6,11H2. The number of hydrogen-bond acceptors (Lipinski definition) is 2. The van der Waals surface area contributed by atoms with Crippen molar-refractivity contribution in [1.29, 1.82) is 0 Å². The molecule has 0 radical (unpaired) electrons. The van der Waals surface area contributed by atoms with Crippen molar-refractivity contribution < 1.29 is 5.11 Å². The predicted octanol–water partition coefficient (Wildman–Crippen LogP) is 1.13. The Labute approximate surface area is 74.1 Å². The summed E-state index contributed by atoms with van der Waals surface area (Å²) in [4.78, 5) is 0. The Hall–Kier alpha value is -0.0800. The Kier molecular flexibility index (Phi) is 2.37. The average molecular weight is 169 g/mol. The summed E-state index contributed by atoms with van der Waals surface area (Å²) in [5, 5.41) is 9.59. The fourth-order valence-corrected chi connectivity index (χ4v) is 3.22. The predicted molar refractivity (Wildman–Crippen MR) is 48.6 cm³/mol. The van der Waals surface area contributed by atoms with Gasteiger partial charge < -0.3 is 10.8 Å². The van der Waals surface area contributed by atoms with Gasteiger partial charge in [-0.2, -0.15) is 0 Å². The molecule has 0 saturated heterocycles. The highest BCUT2D eigenvalue weighted by Gasteiger charge is 2.38. The van der Waals surface area contributed by atoms with E-state index in [0.29, 0.717) is 0 Å². The van der Waals surface area contributed by atoms with E-state index in [1.165, 1.54) is 19.3 Å². The summed E-state index contributed by atoms with van der Waals surface area (Å²) in [5.41, 5.74) is 5.76. The van der Waals surface area contributed by atoms with Gasteiger partial charge in [0.25, 0.3) is 0 Å². The summed E-state index contributed by atoms with van der Waals surface area (Å²) in [5.74, 6) is 2.19. The lowest BCUT2D eigenvalue weighted by molar-refractivity contribution is 0.00189. The van der Waals surface area contributed by atoms with Crippen LogP contribution in [-0.4, -0.2) is 17.8 Å². The molecule has 2 fully saturated rings. The van der Waals surface area contributed by atoms with Crippen LogP contribution in [0.25, 0.3) is 0 Å². The lowest BCUT2D eigenvalue weighted by Gasteiger charge is -2.44. The lowest BCUT2D eigenvalue weighted by Crippen LogP contribution is -2.41. The monoisotopic (exact) mass is 169 g/mol. The number of fused-ring (bicyclic) bond motifs is 2. The Morgan fingerprint density at radius 1 is 1.17 bits per heavy atom. The smallest absolute Gasteiger partial charge is 0.0545 e. The number of aliphatic hydroxyl groups excluding tert-OH is 1. The molecule has 2 unspecified atom stereocenters. The van der Waals surface area contributed by atoms with Crippen molar-refractivity contribution in [3.05, 3.63) is 0 Å². The third-order valence-electron chi connectivity index (χ3n) is 3.78. The molecule has 0 aromatic heterocycles. The first kappa shape index (κ1) is 8.52. The molecule has 2 saturated carbocycles. The summed E-state index contributed by atoms with van der Waals surface area (Å²) in [6.07, 6.45) is 5.96. The van der Waals surface area contributed by atoms with Gasteiger partial charge in [-0.15, -0.1) is 0 Å². The van der Waals surface area contributed by atoms with Crippen LogP contribution in [0.15, 0.2) is 0 Å². The van der Waals surface area contributed by atoms with E-state index >= 15 is 0 Å². The van der Waals surface area contributed by atoms with Gasteiger partial charge in [-0.25, -0.2) is 0 Å². The second kappa shape index (κ2) is 3.35. The molecule has 0 aromatic rings. The van der Waals surface area contributed by atoms with Gasteiger partial charge >= 0.3 is 0 Å². The first-order valence-electron chi connectivity index (χ1n) is 5.19. The van der Waals surface area contributed by atoms with E-state index in [2.05, 4.69) is 0 Å². The van der Waals surface area contributed by atoms with E-state index in [0.717, 1.165) is 37.1 Å². The summed E-state index contributed by atoms with van der Waals surface area (Å²) >= 11 is 0. The van der Waals surface area contributed by atoms with Crippen molar-refractivity contribution in [3.8, 4) is 0 Å². The van der Waals surface area contributed by atoms with Crippen LogP contribution < -0.4 is 5.73 Å². The Morgan fingerprint density at radius 2 is 1.75 bits per heavy atom. The second-order valence-electron chi connectivity index (χ2n) is 4.48. The molecule has 2 aliphatic carbocycles. The maximum absolute atomic E-state index is 9.59. The van der Waals surface area contributed by atoms with Crippen molar-refractivity contribution in [1.82, 2.24) is 0 Å². The number of rotatable bonds is 1. The zero-order valence-electron chi connectivity index (χ0n) is 7.58. The molecule has 0 aromatic carbocycles. The SMILES string of the molecule is NCC1C2CCCC1CC(O)C2. The second-order valence-corrected chi connectivity index (χ2v) is 4.48. The molecule has 0 aliphatic heterocycles. The molecule has 0 heterocycles. The van der Waals surface area contributed by atoms with E-state index in [9.17, 15) is 5.11 Å². The quantitative estimate of drug-likeness (QED) is 0.618. The van der Waals surface area contributed by atoms with E-state index in [4.69, 9.17) is 5.73 Å². The van der Waals surface area contributed by atoms with Gasteiger partial charge in [0.15, 0.2) is 0 Å². The van der Waals surface area contributed by atoms with E-state index < -0.39 is 0 Å². The minimum atomic E-state index is -0.0249. The number of nitrogens with two attached hydrogens (primary N) is 1. The molecule has 0 spiro atoms. The molecule has 2 atom stereocenters. The van der Waals surface area contributed by atoms with Crippen LogP contribution in [0.4, 0.5) is 0 Å². The summed E-state index contributed by atoms with van der Waals surface area (Å²) < 4.78 is 0. The largest absolute Gasteiger partial charge is 0.393 e. The van der Waals surface area contributed by atoms with Crippen molar-refractivity contribution in [3.63, 3.8) is 0 Å². The van der Waals surface area contributed by atoms with E-state index in [1.807, 2.05) is 0 Å². The topological polar surface area (TPSA) is 46.2 Å². The van der Waals surface area contributed by atoms with Gasteiger partial charge in [0.05, 0.1) is 6.10 Å². The minimum Gasteiger partial charge on any atom is -0.393 e. The van der Waals surface area contributed by atoms with Gasteiger partial charge in [0.2, 0.25) is 0 Å². The molecule has 70 valence electrons. The maximum atomic E-state index is 9.59. The van der Waals surface area contributed by atoms with E-state index in [1.54, 1.807) is 0 Å². The van der Waals surface area contributed by atoms with E-state index in [-0.39, 0.29) is 6.10 Å². The highest BCUT2D eigenvalue weighted by molar-refractivity contribution is 4.90. The Morgan fingerprint density at radius 3 is 2.25 bits per heavy atom. The van der Waals surface area contributed by atoms with Gasteiger partial charge in [-0.3, -0.25) is 0 Å². The zero-order valence-corrected chi connectivity index (χ0v) is 7.58. The number of hydrogen-bond donors (Lipinski definition) is 2. The maximum Gasteiger partial charge on any atom is 0.0545 e. The molecule has 2 nitrogen and oxygen atoms in total. The van der Waals surface area contributed by atoms with Gasteiger partial charge in [-0.05, 0) is 37.1 Å².